The molecule has 3 aromatic heterocycles. The maximum absolute atomic E-state index is 13.7. The van der Waals surface area contributed by atoms with Crippen LogP contribution >= 0.6 is 0 Å². The molecule has 1 aliphatic heterocycles. The molecule has 2 N–H and O–H groups in total. The Balaban J connectivity index is 1.39. The van der Waals surface area contributed by atoms with Crippen molar-refractivity contribution in [1.82, 2.24) is 29.0 Å². The average Bonchev–Trinajstić information content (AvgIpc) is 3.64. The summed E-state index contributed by atoms with van der Waals surface area (Å²) >= 11 is 0. The number of aliphatic hydroxyl groups is 1. The van der Waals surface area contributed by atoms with Gasteiger partial charge in [0.15, 0.2) is 11.9 Å². The quantitative estimate of drug-likeness (QED) is 0.220. The van der Waals surface area contributed by atoms with Crippen LogP contribution in [0.3, 0.4) is 0 Å². The minimum Gasteiger partial charge on any atom is -0.384 e. The molecule has 0 saturated carbocycles. The Morgan fingerprint density at radius 3 is 2.63 bits per heavy atom. The topological polar surface area (TPSA) is 127 Å². The van der Waals surface area contributed by atoms with Crippen molar-refractivity contribution in [2.24, 2.45) is 7.05 Å². The van der Waals surface area contributed by atoms with E-state index in [0.29, 0.717) is 71.2 Å². The monoisotopic (exact) mass is 621 g/mol. The Kier molecular flexibility index (Phi) is 8.45. The van der Waals surface area contributed by atoms with Crippen molar-refractivity contribution in [1.29, 1.82) is 0 Å². The summed E-state index contributed by atoms with van der Waals surface area (Å²) in [6.45, 7) is 6.96. The number of ether oxygens (including phenoxy) is 1. The predicted molar refractivity (Wildman–Crippen MR) is 176 cm³/mol. The SMILES string of the molecule is Cc1nn2c(NCc3cccc(-c4nccn4C)c3)cc(C(C)(C)O)nc2c1-c1ccc(C=O)c(C(=O)N(C)C2CCOCC2)c1. The lowest BCUT2D eigenvalue weighted by Gasteiger charge is -2.31. The molecule has 11 nitrogen and oxygen atoms in total. The van der Waals surface area contributed by atoms with E-state index in [9.17, 15) is 14.7 Å². The van der Waals surface area contributed by atoms with Crippen molar-refractivity contribution in [3.8, 4) is 22.5 Å². The number of nitrogens with zero attached hydrogens (tertiary/aromatic N) is 6. The second-order valence-electron chi connectivity index (χ2n) is 12.4. The molecule has 0 spiro atoms. The van der Waals surface area contributed by atoms with Gasteiger partial charge in [-0.05, 0) is 56.9 Å². The smallest absolute Gasteiger partial charge is 0.254 e. The molecule has 5 aromatic rings. The number of imidazole rings is 1. The highest BCUT2D eigenvalue weighted by molar-refractivity contribution is 6.03. The number of hydrogen-bond donors (Lipinski definition) is 2. The highest BCUT2D eigenvalue weighted by Crippen LogP contribution is 2.33. The highest BCUT2D eigenvalue weighted by Gasteiger charge is 2.27. The van der Waals surface area contributed by atoms with E-state index in [1.807, 2.05) is 49.0 Å². The normalized spacial score (nSPS) is 14.0. The third-order valence-electron chi connectivity index (χ3n) is 8.63. The maximum Gasteiger partial charge on any atom is 0.254 e. The van der Waals surface area contributed by atoms with Crippen LogP contribution < -0.4 is 5.32 Å². The van der Waals surface area contributed by atoms with Gasteiger partial charge < -0.3 is 24.6 Å². The number of aromatic nitrogens is 5. The van der Waals surface area contributed by atoms with Crippen molar-refractivity contribution in [3.05, 3.63) is 89.0 Å². The van der Waals surface area contributed by atoms with Crippen LogP contribution in [-0.4, -0.2) is 72.7 Å². The molecule has 11 heteroatoms. The van der Waals surface area contributed by atoms with Gasteiger partial charge in [0.1, 0.15) is 17.2 Å². The summed E-state index contributed by atoms with van der Waals surface area (Å²) in [7, 11) is 3.74. The zero-order valence-electron chi connectivity index (χ0n) is 26.8. The fourth-order valence-corrected chi connectivity index (χ4v) is 5.99. The summed E-state index contributed by atoms with van der Waals surface area (Å²) in [5.41, 5.74) is 4.56. The molecule has 0 unspecified atom stereocenters. The van der Waals surface area contributed by atoms with Crippen LogP contribution in [0, 0.1) is 6.92 Å². The predicted octanol–water partition coefficient (Wildman–Crippen LogP) is 5.01. The summed E-state index contributed by atoms with van der Waals surface area (Å²) in [6, 6.07) is 15.2. The molecule has 1 aliphatic rings. The van der Waals surface area contributed by atoms with Crippen LogP contribution in [0.25, 0.3) is 28.2 Å². The number of carbonyl (C=O) groups is 2. The summed E-state index contributed by atoms with van der Waals surface area (Å²) < 4.78 is 9.18. The fourth-order valence-electron chi connectivity index (χ4n) is 5.99. The van der Waals surface area contributed by atoms with Crippen LogP contribution in [0.4, 0.5) is 5.82 Å². The number of benzene rings is 2. The number of rotatable bonds is 9. The minimum atomic E-state index is -1.24. The molecule has 6 rings (SSSR count). The molecule has 1 fully saturated rings. The van der Waals surface area contributed by atoms with Crippen LogP contribution in [0.2, 0.25) is 0 Å². The van der Waals surface area contributed by atoms with Gasteiger partial charge in [0.25, 0.3) is 5.91 Å². The third kappa shape index (κ3) is 6.03. The molecular weight excluding hydrogens is 582 g/mol. The van der Waals surface area contributed by atoms with Crippen molar-refractivity contribution >= 4 is 23.7 Å². The molecular formula is C35H39N7O4. The maximum atomic E-state index is 13.7. The first-order chi connectivity index (χ1) is 22.0. The zero-order chi connectivity index (χ0) is 32.6. The number of anilines is 1. The molecule has 46 heavy (non-hydrogen) atoms. The Hall–Kier alpha value is -4.87. The largest absolute Gasteiger partial charge is 0.384 e. The first-order valence-corrected chi connectivity index (χ1v) is 15.4. The van der Waals surface area contributed by atoms with Crippen molar-refractivity contribution < 1.29 is 19.4 Å². The molecule has 2 aromatic carbocycles. The summed E-state index contributed by atoms with van der Waals surface area (Å²) in [6.07, 6.45) is 5.91. The minimum absolute atomic E-state index is 0.0391. The van der Waals surface area contributed by atoms with Gasteiger partial charge in [-0.1, -0.05) is 30.3 Å². The first kappa shape index (κ1) is 31.1. The van der Waals surface area contributed by atoms with Crippen LogP contribution in [-0.2, 0) is 23.9 Å². The molecule has 0 aliphatic carbocycles. The Labute approximate surface area is 267 Å². The van der Waals surface area contributed by atoms with E-state index in [1.165, 1.54) is 0 Å². The molecule has 0 bridgehead atoms. The second kappa shape index (κ2) is 12.5. The zero-order valence-corrected chi connectivity index (χ0v) is 26.8. The average molecular weight is 622 g/mol. The summed E-state index contributed by atoms with van der Waals surface area (Å²) in [5.74, 6) is 1.31. The second-order valence-corrected chi connectivity index (χ2v) is 12.4. The Morgan fingerprint density at radius 2 is 1.93 bits per heavy atom. The van der Waals surface area contributed by atoms with Crippen molar-refractivity contribution in [2.45, 2.75) is 51.8 Å². The van der Waals surface area contributed by atoms with Gasteiger partial charge >= 0.3 is 0 Å². The molecule has 1 amide bonds. The van der Waals surface area contributed by atoms with Gasteiger partial charge in [0.05, 0.1) is 17.0 Å². The van der Waals surface area contributed by atoms with Gasteiger partial charge in [-0.2, -0.15) is 9.61 Å². The number of hydrogen-bond acceptors (Lipinski definition) is 8. The molecule has 1 saturated heterocycles. The van der Waals surface area contributed by atoms with Crippen molar-refractivity contribution in [3.63, 3.8) is 0 Å². The van der Waals surface area contributed by atoms with Gasteiger partial charge in [-0.3, -0.25) is 9.59 Å². The van der Waals surface area contributed by atoms with E-state index < -0.39 is 5.60 Å². The van der Waals surface area contributed by atoms with E-state index in [4.69, 9.17) is 14.8 Å². The lowest BCUT2D eigenvalue weighted by atomic mass is 9.97. The first-order valence-electron chi connectivity index (χ1n) is 15.4. The number of amides is 1. The third-order valence-corrected chi connectivity index (χ3v) is 8.63. The fraction of sp³-hybridized carbons (Fsp3) is 0.343. The van der Waals surface area contributed by atoms with Gasteiger partial charge in [-0.15, -0.1) is 0 Å². The molecule has 238 valence electrons. The van der Waals surface area contributed by atoms with E-state index in [0.717, 1.165) is 29.8 Å². The van der Waals surface area contributed by atoms with E-state index >= 15 is 0 Å². The van der Waals surface area contributed by atoms with Crippen LogP contribution in [0.1, 0.15) is 64.4 Å². The Morgan fingerprint density at radius 1 is 1.15 bits per heavy atom. The lowest BCUT2D eigenvalue weighted by Crippen LogP contribution is -2.41. The van der Waals surface area contributed by atoms with Gasteiger partial charge in [-0.25, -0.2) is 9.97 Å². The summed E-state index contributed by atoms with van der Waals surface area (Å²) in [5, 5.41) is 19.4. The molecule has 4 heterocycles. The van der Waals surface area contributed by atoms with Gasteiger partial charge in [0.2, 0.25) is 0 Å². The molecule has 0 atom stereocenters. The van der Waals surface area contributed by atoms with Crippen LogP contribution in [0.5, 0.6) is 0 Å². The number of nitrogens with one attached hydrogen (secondary N) is 1. The van der Waals surface area contributed by atoms with E-state index in [1.54, 1.807) is 54.7 Å². The standard InChI is InChI=1S/C35H39N7O4/c1-22-31(24-9-10-26(21-43)28(18-24)34(44)41(5)27-11-15-46-16-12-27)33-38-29(35(2,3)45)19-30(42(33)39-22)37-20-23-7-6-8-25(17-23)32-36-13-14-40(32)4/h6-10,13-14,17-19,21,27,37,45H,11-12,15-16,20H2,1-5H3. The van der Waals surface area contributed by atoms with Crippen LogP contribution in [0.15, 0.2) is 60.9 Å². The summed E-state index contributed by atoms with van der Waals surface area (Å²) in [4.78, 5) is 36.8. The highest BCUT2D eigenvalue weighted by atomic mass is 16.5. The lowest BCUT2D eigenvalue weighted by molar-refractivity contribution is 0.0361. The number of aryl methyl sites for hydroxylation is 2. The van der Waals surface area contributed by atoms with Gasteiger partial charge in [0, 0.05) is 75.0 Å². The number of aldehydes is 1. The van der Waals surface area contributed by atoms with Crippen molar-refractivity contribution in [2.75, 3.05) is 25.6 Å². The molecule has 0 radical (unpaired) electrons. The van der Waals surface area contributed by atoms with E-state index in [-0.39, 0.29) is 11.9 Å². The number of carbonyl (C=O) groups excluding carboxylic acids is 2. The van der Waals surface area contributed by atoms with E-state index in [2.05, 4.69) is 16.4 Å². The Bertz CT molecular complexity index is 1910. The number of fused-ring (bicyclic) bond motifs is 1.